The molecular weight excluding hydrogens is 228 g/mol. The maximum absolute atomic E-state index is 11.8. The lowest BCUT2D eigenvalue weighted by atomic mass is 10.3. The Balaban J connectivity index is 2.11. The van der Waals surface area contributed by atoms with Gasteiger partial charge in [-0.3, -0.25) is 4.79 Å². The van der Waals surface area contributed by atoms with E-state index < -0.39 is 0 Å². The maximum atomic E-state index is 11.8. The highest BCUT2D eigenvalue weighted by molar-refractivity contribution is 5.81. The zero-order chi connectivity index (χ0) is 13.0. The lowest BCUT2D eigenvalue weighted by Crippen LogP contribution is -2.33. The number of likely N-dealkylation sites (N-methyl/N-ethyl adjacent to an activating group) is 1. The molecule has 0 spiro atoms. The lowest BCUT2D eigenvalue weighted by molar-refractivity contribution is -0.121. The van der Waals surface area contributed by atoms with Crippen LogP contribution in [0.2, 0.25) is 0 Å². The number of nitrogens with one attached hydrogen (secondary N) is 2. The highest BCUT2D eigenvalue weighted by atomic mass is 16.1. The van der Waals surface area contributed by atoms with E-state index in [1.165, 1.54) is 0 Å². The fraction of sp³-hybridized carbons (Fsp3) is 0.385. The molecule has 0 saturated carbocycles. The summed E-state index contributed by atoms with van der Waals surface area (Å²) in [5.41, 5.74) is 1.93. The highest BCUT2D eigenvalue weighted by Crippen LogP contribution is 2.14. The summed E-state index contributed by atoms with van der Waals surface area (Å²) in [4.78, 5) is 16.2. The van der Waals surface area contributed by atoms with E-state index in [1.807, 2.05) is 42.8 Å². The Morgan fingerprint density at radius 2 is 2.11 bits per heavy atom. The summed E-state index contributed by atoms with van der Waals surface area (Å²) in [6.07, 6.45) is 0. The number of hydrogen-bond acceptors (Lipinski definition) is 3. The molecule has 0 fully saturated rings. The Morgan fingerprint density at radius 1 is 1.33 bits per heavy atom. The maximum Gasteiger partial charge on any atom is 0.240 e. The van der Waals surface area contributed by atoms with Gasteiger partial charge in [0.05, 0.1) is 11.0 Å². The number of fused-ring (bicyclic) bond motifs is 1. The predicted molar refractivity (Wildman–Crippen MR) is 71.4 cm³/mol. The van der Waals surface area contributed by atoms with E-state index >= 15 is 0 Å². The van der Waals surface area contributed by atoms with Gasteiger partial charge in [0.15, 0.2) is 0 Å². The van der Waals surface area contributed by atoms with Crippen molar-refractivity contribution in [1.82, 2.24) is 20.2 Å². The first kappa shape index (κ1) is 12.6. The molecule has 0 atom stereocenters. The molecule has 0 unspecified atom stereocenters. The molecule has 0 saturated heterocycles. The van der Waals surface area contributed by atoms with Gasteiger partial charge in [-0.25, -0.2) is 4.98 Å². The molecule has 2 rings (SSSR count). The Labute approximate surface area is 106 Å². The molecule has 0 bridgehead atoms. The van der Waals surface area contributed by atoms with Crippen LogP contribution in [0.3, 0.4) is 0 Å². The van der Waals surface area contributed by atoms with Crippen molar-refractivity contribution in [2.24, 2.45) is 0 Å². The van der Waals surface area contributed by atoms with Crippen molar-refractivity contribution in [2.75, 3.05) is 20.1 Å². The minimum absolute atomic E-state index is 0.0107. The van der Waals surface area contributed by atoms with Gasteiger partial charge in [0.25, 0.3) is 0 Å². The molecule has 1 amide bonds. The summed E-state index contributed by atoms with van der Waals surface area (Å²) >= 11 is 0. The standard InChI is InChI=1S/C13H18N4O/c1-10-16-11-5-3-4-6-12(11)17(10)9-13(18)15-8-7-14-2/h3-6,14H,7-9H2,1-2H3,(H,15,18). The minimum Gasteiger partial charge on any atom is -0.353 e. The number of para-hydroxylation sites is 2. The third kappa shape index (κ3) is 2.68. The molecule has 1 heterocycles. The number of imidazole rings is 1. The Bertz CT molecular complexity index is 547. The largest absolute Gasteiger partial charge is 0.353 e. The Hall–Kier alpha value is -1.88. The normalized spacial score (nSPS) is 10.8. The molecule has 2 N–H and O–H groups in total. The van der Waals surface area contributed by atoms with Crippen LogP contribution in [0.5, 0.6) is 0 Å². The van der Waals surface area contributed by atoms with Crippen molar-refractivity contribution < 1.29 is 4.79 Å². The van der Waals surface area contributed by atoms with Gasteiger partial charge in [0, 0.05) is 13.1 Å². The number of benzene rings is 1. The zero-order valence-electron chi connectivity index (χ0n) is 10.7. The fourth-order valence-corrected chi connectivity index (χ4v) is 1.92. The van der Waals surface area contributed by atoms with Gasteiger partial charge >= 0.3 is 0 Å². The van der Waals surface area contributed by atoms with Crippen LogP contribution in [0.1, 0.15) is 5.82 Å². The van der Waals surface area contributed by atoms with E-state index in [-0.39, 0.29) is 5.91 Å². The molecule has 0 aliphatic heterocycles. The van der Waals surface area contributed by atoms with Crippen LogP contribution >= 0.6 is 0 Å². The Morgan fingerprint density at radius 3 is 2.89 bits per heavy atom. The van der Waals surface area contributed by atoms with E-state index in [0.29, 0.717) is 13.1 Å². The molecular formula is C13H18N4O. The molecule has 18 heavy (non-hydrogen) atoms. The third-order valence-electron chi connectivity index (χ3n) is 2.84. The van der Waals surface area contributed by atoms with Crippen LogP contribution < -0.4 is 10.6 Å². The van der Waals surface area contributed by atoms with Crippen LogP contribution in [0.25, 0.3) is 11.0 Å². The second-order valence-corrected chi connectivity index (χ2v) is 4.19. The van der Waals surface area contributed by atoms with E-state index in [1.54, 1.807) is 0 Å². The van der Waals surface area contributed by atoms with Gasteiger partial charge in [-0.15, -0.1) is 0 Å². The fourth-order valence-electron chi connectivity index (χ4n) is 1.92. The van der Waals surface area contributed by atoms with Crippen LogP contribution in [0.4, 0.5) is 0 Å². The van der Waals surface area contributed by atoms with E-state index in [0.717, 1.165) is 23.4 Å². The van der Waals surface area contributed by atoms with E-state index in [4.69, 9.17) is 0 Å². The smallest absolute Gasteiger partial charge is 0.240 e. The van der Waals surface area contributed by atoms with Crippen LogP contribution in [-0.2, 0) is 11.3 Å². The molecule has 5 nitrogen and oxygen atoms in total. The van der Waals surface area contributed by atoms with Crippen LogP contribution in [0.15, 0.2) is 24.3 Å². The molecule has 0 radical (unpaired) electrons. The molecule has 1 aromatic carbocycles. The Kier molecular flexibility index (Phi) is 3.94. The number of aromatic nitrogens is 2. The predicted octanol–water partition coefficient (Wildman–Crippen LogP) is 0.680. The van der Waals surface area contributed by atoms with Gasteiger partial charge in [-0.2, -0.15) is 0 Å². The van der Waals surface area contributed by atoms with E-state index in [9.17, 15) is 4.79 Å². The highest BCUT2D eigenvalue weighted by Gasteiger charge is 2.09. The molecule has 5 heteroatoms. The average Bonchev–Trinajstić information content (AvgIpc) is 2.67. The van der Waals surface area contributed by atoms with Crippen molar-refractivity contribution in [1.29, 1.82) is 0 Å². The van der Waals surface area contributed by atoms with Crippen molar-refractivity contribution in [3.63, 3.8) is 0 Å². The third-order valence-corrected chi connectivity index (χ3v) is 2.84. The van der Waals surface area contributed by atoms with E-state index in [2.05, 4.69) is 15.6 Å². The first-order chi connectivity index (χ1) is 8.72. The molecule has 2 aromatic rings. The average molecular weight is 246 g/mol. The van der Waals surface area contributed by atoms with Gasteiger partial charge in [-0.1, -0.05) is 12.1 Å². The van der Waals surface area contributed by atoms with Crippen molar-refractivity contribution >= 4 is 16.9 Å². The summed E-state index contributed by atoms with van der Waals surface area (Å²) in [6.45, 7) is 3.65. The van der Waals surface area contributed by atoms with Gasteiger partial charge in [0.2, 0.25) is 5.91 Å². The van der Waals surface area contributed by atoms with Crippen molar-refractivity contribution in [3.8, 4) is 0 Å². The number of amides is 1. The number of nitrogens with zero attached hydrogens (tertiary/aromatic N) is 2. The topological polar surface area (TPSA) is 58.9 Å². The molecule has 0 aliphatic carbocycles. The van der Waals surface area contributed by atoms with Crippen molar-refractivity contribution in [2.45, 2.75) is 13.5 Å². The number of aryl methyl sites for hydroxylation is 1. The van der Waals surface area contributed by atoms with Crippen LogP contribution in [0, 0.1) is 6.92 Å². The monoisotopic (exact) mass is 246 g/mol. The second kappa shape index (κ2) is 5.64. The number of carbonyl (C=O) groups is 1. The number of carbonyl (C=O) groups excluding carboxylic acids is 1. The summed E-state index contributed by atoms with van der Waals surface area (Å²) in [7, 11) is 1.86. The van der Waals surface area contributed by atoms with Gasteiger partial charge in [-0.05, 0) is 26.1 Å². The molecule has 1 aromatic heterocycles. The summed E-state index contributed by atoms with van der Waals surface area (Å²) < 4.78 is 1.93. The molecule has 96 valence electrons. The first-order valence-corrected chi connectivity index (χ1v) is 6.05. The second-order valence-electron chi connectivity index (χ2n) is 4.19. The zero-order valence-corrected chi connectivity index (χ0v) is 10.7. The number of hydrogen-bond donors (Lipinski definition) is 2. The summed E-state index contributed by atoms with van der Waals surface area (Å²) in [5.74, 6) is 0.872. The lowest BCUT2D eigenvalue weighted by Gasteiger charge is -2.08. The summed E-state index contributed by atoms with van der Waals surface area (Å²) in [5, 5.41) is 5.85. The van der Waals surface area contributed by atoms with Crippen molar-refractivity contribution in [3.05, 3.63) is 30.1 Å². The SMILES string of the molecule is CNCCNC(=O)Cn1c(C)nc2ccccc21. The minimum atomic E-state index is 0.0107. The van der Waals surface area contributed by atoms with Gasteiger partial charge in [0.1, 0.15) is 12.4 Å². The first-order valence-electron chi connectivity index (χ1n) is 6.05. The van der Waals surface area contributed by atoms with Crippen LogP contribution in [-0.4, -0.2) is 35.6 Å². The summed E-state index contributed by atoms with van der Waals surface area (Å²) in [6, 6.07) is 7.85. The molecule has 0 aliphatic rings. The quantitative estimate of drug-likeness (QED) is 0.763. The van der Waals surface area contributed by atoms with Gasteiger partial charge < -0.3 is 15.2 Å². The number of rotatable bonds is 5.